The average Bonchev–Trinajstić information content (AvgIpc) is 3.18. The minimum Gasteiger partial charge on any atom is -0.351 e. The Bertz CT molecular complexity index is 616. The molecule has 2 unspecified atom stereocenters. The molecule has 2 atom stereocenters. The van der Waals surface area contributed by atoms with Crippen LogP contribution < -0.4 is 0 Å². The topological polar surface area (TPSA) is 43.1 Å². The lowest BCUT2D eigenvalue weighted by atomic mass is 10.0. The Balaban J connectivity index is 1.60. The molecule has 3 heterocycles. The molecule has 0 aliphatic carbocycles. The van der Waals surface area contributed by atoms with Crippen LogP contribution in [0.5, 0.6) is 0 Å². The highest BCUT2D eigenvalue weighted by Crippen LogP contribution is 2.23. The van der Waals surface area contributed by atoms with Crippen LogP contribution in [0.1, 0.15) is 43.8 Å². The van der Waals surface area contributed by atoms with Crippen LogP contribution in [0.25, 0.3) is 0 Å². The molecule has 5 nitrogen and oxygen atoms in total. The van der Waals surface area contributed by atoms with Crippen molar-refractivity contribution in [2.24, 2.45) is 0 Å². The molecule has 1 amide bonds. The van der Waals surface area contributed by atoms with Gasteiger partial charge in [-0.1, -0.05) is 0 Å². The lowest BCUT2D eigenvalue weighted by Gasteiger charge is -2.33. The Morgan fingerprint density at radius 3 is 2.86 bits per heavy atom. The number of carbonyl (C=O) groups excluding carboxylic acids is 1. The number of rotatable bonds is 4. The van der Waals surface area contributed by atoms with Crippen LogP contribution in [0.15, 0.2) is 36.9 Å². The summed E-state index contributed by atoms with van der Waals surface area (Å²) in [5.41, 5.74) is 1.17. The quantitative estimate of drug-likeness (QED) is 0.871. The van der Waals surface area contributed by atoms with Gasteiger partial charge >= 0.3 is 0 Å². The van der Waals surface area contributed by atoms with E-state index in [0.717, 1.165) is 25.9 Å². The molecule has 3 rings (SSSR count). The number of nitrogens with zero attached hydrogens (tertiary/aromatic N) is 4. The van der Waals surface area contributed by atoms with Crippen LogP contribution in [0.3, 0.4) is 0 Å². The fourth-order valence-electron chi connectivity index (χ4n) is 3.16. The van der Waals surface area contributed by atoms with Gasteiger partial charge < -0.3 is 9.47 Å². The minimum absolute atomic E-state index is 0.204. The number of piperidine rings is 1. The maximum absolute atomic E-state index is 12.6. The summed E-state index contributed by atoms with van der Waals surface area (Å²) in [6.45, 7) is 5.79. The first-order chi connectivity index (χ1) is 10.6. The average molecular weight is 300 g/mol. The molecule has 22 heavy (non-hydrogen) atoms. The van der Waals surface area contributed by atoms with Crippen molar-refractivity contribution in [1.29, 1.82) is 0 Å². The van der Waals surface area contributed by atoms with Crippen molar-refractivity contribution < 1.29 is 4.79 Å². The van der Waals surface area contributed by atoms with Crippen LogP contribution in [0, 0.1) is 6.92 Å². The smallest absolute Gasteiger partial charge is 0.224 e. The van der Waals surface area contributed by atoms with Crippen LogP contribution in [-0.2, 0) is 4.79 Å². The van der Waals surface area contributed by atoms with Gasteiger partial charge in [-0.25, -0.2) is 0 Å². The molecule has 0 saturated carbocycles. The van der Waals surface area contributed by atoms with Crippen molar-refractivity contribution in [2.75, 3.05) is 13.1 Å². The van der Waals surface area contributed by atoms with Gasteiger partial charge in [0.15, 0.2) is 0 Å². The highest BCUT2D eigenvalue weighted by molar-refractivity contribution is 5.76. The van der Waals surface area contributed by atoms with Crippen LogP contribution >= 0.6 is 0 Å². The minimum atomic E-state index is 0.204. The number of hydrogen-bond acceptors (Lipinski definition) is 2. The summed E-state index contributed by atoms with van der Waals surface area (Å²) in [5.74, 6) is 0.245. The fraction of sp³-hybridized carbons (Fsp3) is 0.529. The maximum atomic E-state index is 12.6. The third-order valence-electron chi connectivity index (χ3n) is 4.46. The molecule has 1 fully saturated rings. The molecule has 1 aliphatic heterocycles. The monoisotopic (exact) mass is 300 g/mol. The van der Waals surface area contributed by atoms with Gasteiger partial charge in [0.2, 0.25) is 5.91 Å². The van der Waals surface area contributed by atoms with Crippen molar-refractivity contribution in [3.05, 3.63) is 42.5 Å². The second kappa shape index (κ2) is 6.38. The van der Waals surface area contributed by atoms with E-state index in [9.17, 15) is 4.79 Å². The van der Waals surface area contributed by atoms with Gasteiger partial charge in [0.1, 0.15) is 0 Å². The maximum Gasteiger partial charge on any atom is 0.224 e. The Kier molecular flexibility index (Phi) is 4.32. The molecule has 0 bridgehead atoms. The zero-order chi connectivity index (χ0) is 15.5. The summed E-state index contributed by atoms with van der Waals surface area (Å²) in [4.78, 5) is 14.6. The molecule has 5 heteroatoms. The zero-order valence-corrected chi connectivity index (χ0v) is 13.4. The zero-order valence-electron chi connectivity index (χ0n) is 13.4. The first kappa shape index (κ1) is 14.9. The number of aryl methyl sites for hydroxylation is 1. The van der Waals surface area contributed by atoms with E-state index in [0.29, 0.717) is 12.5 Å². The molecular weight excluding hydrogens is 276 g/mol. The normalized spacial score (nSPS) is 20.1. The summed E-state index contributed by atoms with van der Waals surface area (Å²) in [6, 6.07) is 4.51. The number of hydrogen-bond donors (Lipinski definition) is 0. The third-order valence-corrected chi connectivity index (χ3v) is 4.46. The van der Waals surface area contributed by atoms with Gasteiger partial charge in [0, 0.05) is 44.1 Å². The van der Waals surface area contributed by atoms with E-state index in [2.05, 4.69) is 22.8 Å². The predicted molar refractivity (Wildman–Crippen MR) is 85.6 cm³/mol. The highest BCUT2D eigenvalue weighted by atomic mass is 16.2. The second-order valence-electron chi connectivity index (χ2n) is 6.32. The van der Waals surface area contributed by atoms with Gasteiger partial charge in [-0.15, -0.1) is 0 Å². The summed E-state index contributed by atoms with van der Waals surface area (Å²) in [7, 11) is 0. The Morgan fingerprint density at radius 2 is 2.18 bits per heavy atom. The van der Waals surface area contributed by atoms with Crippen LogP contribution in [0.4, 0.5) is 0 Å². The summed E-state index contributed by atoms with van der Waals surface area (Å²) < 4.78 is 4.11. The van der Waals surface area contributed by atoms with Gasteiger partial charge in [-0.2, -0.15) is 5.10 Å². The Labute approximate surface area is 131 Å². The lowest BCUT2D eigenvalue weighted by molar-refractivity contribution is -0.133. The highest BCUT2D eigenvalue weighted by Gasteiger charge is 2.26. The van der Waals surface area contributed by atoms with E-state index in [1.165, 1.54) is 5.56 Å². The van der Waals surface area contributed by atoms with Gasteiger partial charge in [0.25, 0.3) is 0 Å². The summed E-state index contributed by atoms with van der Waals surface area (Å²) >= 11 is 0. The van der Waals surface area contributed by atoms with Gasteiger partial charge in [0.05, 0.1) is 12.2 Å². The molecule has 0 radical (unpaired) electrons. The molecule has 1 saturated heterocycles. The lowest BCUT2D eigenvalue weighted by Crippen LogP contribution is -2.41. The predicted octanol–water partition coefficient (Wildman–Crippen LogP) is 2.81. The Hall–Kier alpha value is -2.04. The van der Waals surface area contributed by atoms with E-state index < -0.39 is 0 Å². The molecule has 0 N–H and O–H groups in total. The second-order valence-corrected chi connectivity index (χ2v) is 6.32. The third kappa shape index (κ3) is 3.24. The number of carbonyl (C=O) groups is 1. The van der Waals surface area contributed by atoms with Crippen molar-refractivity contribution in [3.8, 4) is 0 Å². The van der Waals surface area contributed by atoms with E-state index in [4.69, 9.17) is 0 Å². The summed E-state index contributed by atoms with van der Waals surface area (Å²) in [5, 5.41) is 4.41. The fourth-order valence-corrected chi connectivity index (χ4v) is 3.16. The van der Waals surface area contributed by atoms with E-state index in [-0.39, 0.29) is 11.9 Å². The van der Waals surface area contributed by atoms with Gasteiger partial charge in [-0.3, -0.25) is 9.48 Å². The van der Waals surface area contributed by atoms with Crippen molar-refractivity contribution in [1.82, 2.24) is 19.2 Å². The van der Waals surface area contributed by atoms with Gasteiger partial charge in [-0.05, 0) is 44.4 Å². The van der Waals surface area contributed by atoms with Crippen molar-refractivity contribution in [2.45, 2.75) is 45.2 Å². The van der Waals surface area contributed by atoms with Crippen molar-refractivity contribution in [3.63, 3.8) is 0 Å². The number of amides is 1. The molecular formula is C17H24N4O. The first-order valence-electron chi connectivity index (χ1n) is 8.04. The first-order valence-corrected chi connectivity index (χ1v) is 8.04. The van der Waals surface area contributed by atoms with Crippen LogP contribution in [0.2, 0.25) is 0 Å². The summed E-state index contributed by atoms with van der Waals surface area (Å²) in [6.07, 6.45) is 10.7. The molecule has 0 spiro atoms. The molecule has 118 valence electrons. The largest absolute Gasteiger partial charge is 0.351 e. The molecule has 2 aromatic rings. The SMILES string of the molecule is Cc1cnn(C2CCCN(C(=O)CC(C)n3cccc3)C2)c1. The Morgan fingerprint density at radius 1 is 1.41 bits per heavy atom. The molecule has 2 aromatic heterocycles. The van der Waals surface area contributed by atoms with E-state index >= 15 is 0 Å². The molecule has 1 aliphatic rings. The van der Waals surface area contributed by atoms with E-state index in [1.807, 2.05) is 47.2 Å². The van der Waals surface area contributed by atoms with E-state index in [1.54, 1.807) is 0 Å². The van der Waals surface area contributed by atoms with Crippen LogP contribution in [-0.4, -0.2) is 38.2 Å². The molecule has 0 aromatic carbocycles. The van der Waals surface area contributed by atoms with Crippen molar-refractivity contribution >= 4 is 5.91 Å². The number of aromatic nitrogens is 3. The standard InChI is InChI=1S/C17H24N4O/c1-14-11-18-21(12-14)16-6-5-9-20(13-16)17(22)10-15(2)19-7-3-4-8-19/h3-4,7-8,11-12,15-16H,5-6,9-10,13H2,1-2H3. The number of likely N-dealkylation sites (tertiary alicyclic amines) is 1.